The van der Waals surface area contributed by atoms with Crippen molar-refractivity contribution in [2.24, 2.45) is 0 Å². The highest BCUT2D eigenvalue weighted by Crippen LogP contribution is 2.17. The van der Waals surface area contributed by atoms with Crippen molar-refractivity contribution in [2.75, 3.05) is 25.5 Å². The topological polar surface area (TPSA) is 36.2 Å². The number of aromatic nitrogens is 1. The number of nitrogens with zero attached hydrogens (tertiary/aromatic N) is 2. The Morgan fingerprint density at radius 1 is 1.36 bits per heavy atom. The molecule has 0 spiro atoms. The number of hydrogen-bond acceptors (Lipinski definition) is 3. The van der Waals surface area contributed by atoms with Gasteiger partial charge in [0.25, 0.3) is 6.04 Å². The molecular formula is C19H21BrN3OS+. The summed E-state index contributed by atoms with van der Waals surface area (Å²) >= 11 is 8.91. The number of hydrogen-bond donors (Lipinski definition) is 1. The van der Waals surface area contributed by atoms with Gasteiger partial charge in [-0.25, -0.2) is 0 Å². The molecule has 0 aliphatic carbocycles. The molecule has 25 heavy (non-hydrogen) atoms. The summed E-state index contributed by atoms with van der Waals surface area (Å²) in [5.74, 6) is -0.0644. The van der Waals surface area contributed by atoms with Crippen LogP contribution in [0.2, 0.25) is 0 Å². The normalized spacial score (nSPS) is 11.5. The highest BCUT2D eigenvalue weighted by molar-refractivity contribution is 9.10. The van der Waals surface area contributed by atoms with Crippen LogP contribution in [0, 0.1) is 0 Å². The monoisotopic (exact) mass is 418 g/mol. The van der Waals surface area contributed by atoms with Crippen molar-refractivity contribution in [3.63, 3.8) is 0 Å². The Balaban J connectivity index is 2.40. The van der Waals surface area contributed by atoms with Gasteiger partial charge < -0.3 is 10.2 Å². The predicted octanol–water partition coefficient (Wildman–Crippen LogP) is 3.33. The fourth-order valence-electron chi connectivity index (χ4n) is 2.36. The van der Waals surface area contributed by atoms with E-state index < -0.39 is 6.04 Å². The second kappa shape index (κ2) is 8.87. The van der Waals surface area contributed by atoms with Gasteiger partial charge in [0.05, 0.1) is 0 Å². The summed E-state index contributed by atoms with van der Waals surface area (Å²) in [6.45, 7) is 4.20. The van der Waals surface area contributed by atoms with E-state index in [0.717, 1.165) is 10.2 Å². The number of rotatable bonds is 7. The summed E-state index contributed by atoms with van der Waals surface area (Å²) in [5.41, 5.74) is 1.65. The second-order valence-corrected chi connectivity index (χ2v) is 7.06. The third kappa shape index (κ3) is 4.96. The first-order valence-corrected chi connectivity index (χ1v) is 9.00. The molecule has 1 N–H and O–H groups in total. The lowest BCUT2D eigenvalue weighted by atomic mass is 10.0. The van der Waals surface area contributed by atoms with Gasteiger partial charge in [-0.1, -0.05) is 46.4 Å². The summed E-state index contributed by atoms with van der Waals surface area (Å²) in [6, 6.07) is 10.6. The number of pyridine rings is 1. The van der Waals surface area contributed by atoms with Gasteiger partial charge in [-0.05, 0) is 12.1 Å². The van der Waals surface area contributed by atoms with E-state index in [4.69, 9.17) is 12.2 Å². The van der Waals surface area contributed by atoms with E-state index in [1.165, 1.54) is 0 Å². The van der Waals surface area contributed by atoms with Crippen LogP contribution in [0.3, 0.4) is 0 Å². The van der Waals surface area contributed by atoms with Crippen LogP contribution >= 0.6 is 28.1 Å². The van der Waals surface area contributed by atoms with Crippen LogP contribution in [0.5, 0.6) is 0 Å². The summed E-state index contributed by atoms with van der Waals surface area (Å²) in [7, 11) is 3.94. The van der Waals surface area contributed by atoms with Gasteiger partial charge in [-0.3, -0.25) is 4.79 Å². The summed E-state index contributed by atoms with van der Waals surface area (Å²) < 4.78 is 2.68. The third-order valence-electron chi connectivity index (χ3n) is 3.68. The molecule has 1 aromatic heterocycles. The molecule has 1 aromatic carbocycles. The van der Waals surface area contributed by atoms with Crippen LogP contribution in [0.25, 0.3) is 0 Å². The molecule has 2 aromatic rings. The zero-order chi connectivity index (χ0) is 18.4. The maximum absolute atomic E-state index is 13.1. The Bertz CT molecular complexity index is 774. The quantitative estimate of drug-likeness (QED) is 0.323. The van der Waals surface area contributed by atoms with Crippen molar-refractivity contribution in [2.45, 2.75) is 6.04 Å². The lowest BCUT2D eigenvalue weighted by molar-refractivity contribution is -0.692. The van der Waals surface area contributed by atoms with Crippen molar-refractivity contribution in [1.82, 2.24) is 5.32 Å². The van der Waals surface area contributed by atoms with E-state index in [-0.39, 0.29) is 5.78 Å². The lowest BCUT2D eigenvalue weighted by Gasteiger charge is -2.16. The summed E-state index contributed by atoms with van der Waals surface area (Å²) in [5, 5.41) is 3.08. The van der Waals surface area contributed by atoms with E-state index in [1.807, 2.05) is 60.2 Å². The molecule has 0 radical (unpaired) electrons. The highest BCUT2D eigenvalue weighted by Gasteiger charge is 2.33. The van der Waals surface area contributed by atoms with Gasteiger partial charge in [-0.2, -0.15) is 4.57 Å². The lowest BCUT2D eigenvalue weighted by Crippen LogP contribution is -2.51. The minimum Gasteiger partial charge on any atom is -0.377 e. The number of carbonyl (C=O) groups excluding carboxylic acids is 1. The van der Waals surface area contributed by atoms with Crippen molar-refractivity contribution >= 4 is 44.6 Å². The second-order valence-electron chi connectivity index (χ2n) is 5.71. The number of anilines is 1. The molecule has 0 unspecified atom stereocenters. The van der Waals surface area contributed by atoms with Crippen LogP contribution in [0.1, 0.15) is 16.4 Å². The molecule has 0 saturated carbocycles. The summed E-state index contributed by atoms with van der Waals surface area (Å²) in [6.07, 6.45) is 5.46. The smallest absolute Gasteiger partial charge is 0.270 e. The number of thiocarbonyl (C=S) groups is 1. The Kier molecular flexibility index (Phi) is 6.84. The Morgan fingerprint density at radius 2 is 2.04 bits per heavy atom. The molecule has 0 bridgehead atoms. The molecule has 0 amide bonds. The molecule has 0 aliphatic heterocycles. The van der Waals surface area contributed by atoms with Crippen molar-refractivity contribution < 1.29 is 9.36 Å². The van der Waals surface area contributed by atoms with Gasteiger partial charge in [0.1, 0.15) is 0 Å². The van der Waals surface area contributed by atoms with Crippen LogP contribution in [-0.4, -0.2) is 31.4 Å². The molecule has 130 valence electrons. The first-order chi connectivity index (χ1) is 11.9. The average Bonchev–Trinajstić information content (AvgIpc) is 2.60. The van der Waals surface area contributed by atoms with Crippen molar-refractivity contribution in [3.05, 3.63) is 71.5 Å². The highest BCUT2D eigenvalue weighted by atomic mass is 79.9. The largest absolute Gasteiger partial charge is 0.377 e. The minimum absolute atomic E-state index is 0.0644. The van der Waals surface area contributed by atoms with Gasteiger partial charge in [0.2, 0.25) is 5.78 Å². The first-order valence-electron chi connectivity index (χ1n) is 7.80. The Hall–Kier alpha value is -2.05. The predicted molar refractivity (Wildman–Crippen MR) is 109 cm³/mol. The van der Waals surface area contributed by atoms with Crippen LogP contribution in [0.15, 0.2) is 65.9 Å². The van der Waals surface area contributed by atoms with E-state index >= 15 is 0 Å². The first kappa shape index (κ1) is 19.3. The van der Waals surface area contributed by atoms with E-state index in [0.29, 0.717) is 17.1 Å². The van der Waals surface area contributed by atoms with Crippen molar-refractivity contribution in [3.8, 4) is 0 Å². The number of nitrogens with one attached hydrogen (secondary N) is 1. The number of ketones is 1. The molecule has 2 rings (SSSR count). The Labute approximate surface area is 162 Å². The SMILES string of the molecule is C=CCNC(=S)[C@@H](C(=O)c1cccc(Br)c1)[n+]1ccc(N(C)C)cc1. The zero-order valence-corrected chi connectivity index (χ0v) is 16.7. The molecule has 0 fully saturated rings. The van der Waals surface area contributed by atoms with Gasteiger partial charge in [-0.15, -0.1) is 6.58 Å². The van der Waals surface area contributed by atoms with Crippen LogP contribution < -0.4 is 14.8 Å². The molecular weight excluding hydrogens is 398 g/mol. The van der Waals surface area contributed by atoms with Crippen molar-refractivity contribution in [1.29, 1.82) is 0 Å². The molecule has 4 nitrogen and oxygen atoms in total. The maximum atomic E-state index is 13.1. The molecule has 1 heterocycles. The number of halogens is 1. The average molecular weight is 419 g/mol. The fourth-order valence-corrected chi connectivity index (χ4v) is 3.07. The number of carbonyl (C=O) groups is 1. The van der Waals surface area contributed by atoms with Gasteiger partial charge >= 0.3 is 0 Å². The number of Topliss-reactive ketones (excluding diaryl/α,β-unsaturated/α-hetero) is 1. The van der Waals surface area contributed by atoms with E-state index in [9.17, 15) is 4.79 Å². The van der Waals surface area contributed by atoms with Gasteiger partial charge in [0, 0.05) is 48.5 Å². The van der Waals surface area contributed by atoms with Crippen LogP contribution in [0.4, 0.5) is 5.69 Å². The maximum Gasteiger partial charge on any atom is 0.270 e. The number of benzene rings is 1. The fraction of sp³-hybridized carbons (Fsp3) is 0.211. The van der Waals surface area contributed by atoms with Gasteiger partial charge in [0.15, 0.2) is 17.4 Å². The molecule has 0 saturated heterocycles. The summed E-state index contributed by atoms with van der Waals surface area (Å²) in [4.78, 5) is 15.6. The standard InChI is InChI=1S/C19H20BrN3OS/c1-4-10-21-19(25)17(18(24)14-6-5-7-15(20)13-14)23-11-8-16(9-12-23)22(2)3/h4-9,11-13,17H,1,10H2,2-3H3/p+1/t17-/m1/s1. The zero-order valence-electron chi connectivity index (χ0n) is 14.3. The molecule has 0 aliphatic rings. The third-order valence-corrected chi connectivity index (χ3v) is 4.54. The van der Waals surface area contributed by atoms with Crippen LogP contribution in [-0.2, 0) is 0 Å². The molecule has 6 heteroatoms. The van der Waals surface area contributed by atoms with E-state index in [2.05, 4.69) is 27.8 Å². The van der Waals surface area contributed by atoms with E-state index in [1.54, 1.807) is 18.2 Å². The Morgan fingerprint density at radius 3 is 2.60 bits per heavy atom. The molecule has 1 atom stereocenters. The minimum atomic E-state index is -0.611.